The van der Waals surface area contributed by atoms with Gasteiger partial charge in [0.2, 0.25) is 11.8 Å². The fourth-order valence-corrected chi connectivity index (χ4v) is 5.48. The van der Waals surface area contributed by atoms with Gasteiger partial charge < -0.3 is 15.0 Å². The van der Waals surface area contributed by atoms with Crippen LogP contribution in [0.5, 0.6) is 5.75 Å². The van der Waals surface area contributed by atoms with Crippen LogP contribution in [0.3, 0.4) is 0 Å². The molecule has 2 amide bonds. The van der Waals surface area contributed by atoms with E-state index in [-0.39, 0.29) is 17.6 Å². The summed E-state index contributed by atoms with van der Waals surface area (Å²) in [4.78, 5) is 27.8. The van der Waals surface area contributed by atoms with Crippen molar-refractivity contribution in [3.05, 3.63) is 64.8 Å². The summed E-state index contributed by atoms with van der Waals surface area (Å²) in [6.07, 6.45) is 2.49. The van der Waals surface area contributed by atoms with Crippen LogP contribution in [-0.4, -0.2) is 36.4 Å². The molecule has 0 bridgehead atoms. The van der Waals surface area contributed by atoms with Crippen LogP contribution in [0, 0.1) is 5.82 Å². The number of benzene rings is 2. The van der Waals surface area contributed by atoms with E-state index >= 15 is 0 Å². The molecule has 1 fully saturated rings. The molecule has 0 unspecified atom stereocenters. The average Bonchev–Trinajstić information content (AvgIpc) is 3.36. The lowest BCUT2D eigenvalue weighted by atomic mass is 9.84. The number of hydrogen-bond acceptors (Lipinski definition) is 4. The van der Waals surface area contributed by atoms with Crippen LogP contribution in [0.2, 0.25) is 0 Å². The van der Waals surface area contributed by atoms with Crippen molar-refractivity contribution in [3.63, 3.8) is 0 Å². The average molecular weight is 455 g/mol. The molecule has 1 aliphatic heterocycles. The van der Waals surface area contributed by atoms with Gasteiger partial charge in [-0.25, -0.2) is 4.39 Å². The monoisotopic (exact) mass is 454 g/mol. The minimum absolute atomic E-state index is 0.00911. The highest BCUT2D eigenvalue weighted by Gasteiger charge is 2.38. The van der Waals surface area contributed by atoms with Gasteiger partial charge in [-0.1, -0.05) is 24.3 Å². The number of halogens is 1. The molecule has 1 saturated heterocycles. The maximum Gasteiger partial charge on any atom is 0.222 e. The molecule has 168 valence electrons. The van der Waals surface area contributed by atoms with Crippen molar-refractivity contribution >= 4 is 33.2 Å². The summed E-state index contributed by atoms with van der Waals surface area (Å²) in [5.41, 5.74) is 0.366. The van der Waals surface area contributed by atoms with Gasteiger partial charge in [0.15, 0.2) is 11.6 Å². The molecule has 0 spiro atoms. The lowest BCUT2D eigenvalue weighted by Gasteiger charge is -2.30. The largest absolute Gasteiger partial charge is 0.494 e. The summed E-state index contributed by atoms with van der Waals surface area (Å²) in [5, 5.41) is 4.28. The summed E-state index contributed by atoms with van der Waals surface area (Å²) >= 11 is 1.70. The molecule has 7 heteroatoms. The second-order valence-corrected chi connectivity index (χ2v) is 9.64. The lowest BCUT2D eigenvalue weighted by molar-refractivity contribution is -0.131. The third-order valence-electron chi connectivity index (χ3n) is 6.11. The molecule has 5 nitrogen and oxygen atoms in total. The third-order valence-corrected chi connectivity index (χ3v) is 7.21. The summed E-state index contributed by atoms with van der Waals surface area (Å²) in [7, 11) is 3.25. The Labute approximate surface area is 191 Å². The molecule has 1 atom stereocenters. The van der Waals surface area contributed by atoms with Gasteiger partial charge in [-0.05, 0) is 54.5 Å². The Morgan fingerprint density at radius 2 is 2.06 bits per heavy atom. The zero-order chi connectivity index (χ0) is 22.7. The van der Waals surface area contributed by atoms with Crippen LogP contribution in [0.25, 0.3) is 10.1 Å². The number of carbonyl (C=O) groups excluding carboxylic acids is 2. The smallest absolute Gasteiger partial charge is 0.222 e. The van der Waals surface area contributed by atoms with Gasteiger partial charge >= 0.3 is 0 Å². The van der Waals surface area contributed by atoms with Gasteiger partial charge in [0.1, 0.15) is 0 Å². The standard InChI is InChI=1S/C25H27FN2O3S/c1-28(16-19-14-18-5-3-4-6-22(18)32-19)24(30)10-12-25(11-9-23(29)27-25)15-17-7-8-20(26)21(13-17)31-2/h3-8,13-14H,9-12,15-16H2,1-2H3,(H,27,29)/t25-/m1/s1. The van der Waals surface area contributed by atoms with Crippen molar-refractivity contribution < 1.29 is 18.7 Å². The van der Waals surface area contributed by atoms with E-state index in [4.69, 9.17) is 4.74 Å². The Kier molecular flexibility index (Phi) is 6.46. The zero-order valence-corrected chi connectivity index (χ0v) is 19.1. The number of methoxy groups -OCH3 is 1. The number of rotatable bonds is 8. The molecule has 0 aliphatic carbocycles. The van der Waals surface area contributed by atoms with Crippen molar-refractivity contribution in [2.75, 3.05) is 14.2 Å². The van der Waals surface area contributed by atoms with E-state index in [2.05, 4.69) is 23.5 Å². The minimum atomic E-state index is -0.506. The van der Waals surface area contributed by atoms with E-state index < -0.39 is 11.4 Å². The summed E-state index contributed by atoms with van der Waals surface area (Å²) in [5.74, 6) is -0.204. The van der Waals surface area contributed by atoms with Crippen molar-refractivity contribution in [2.45, 2.75) is 44.2 Å². The number of ether oxygens (including phenoxy) is 1. The minimum Gasteiger partial charge on any atom is -0.494 e. The fourth-order valence-electron chi connectivity index (χ4n) is 4.36. The number of amides is 2. The van der Waals surface area contributed by atoms with Crippen molar-refractivity contribution in [3.8, 4) is 5.75 Å². The Hall–Kier alpha value is -2.93. The Balaban J connectivity index is 1.41. The molecular formula is C25H27FN2O3S. The molecule has 32 heavy (non-hydrogen) atoms. The first kappa shape index (κ1) is 22.3. The first-order valence-electron chi connectivity index (χ1n) is 10.7. The number of hydrogen-bond donors (Lipinski definition) is 1. The molecular weight excluding hydrogens is 427 g/mol. The van der Waals surface area contributed by atoms with Crippen LogP contribution in [0.4, 0.5) is 4.39 Å². The number of nitrogens with zero attached hydrogens (tertiary/aromatic N) is 1. The topological polar surface area (TPSA) is 58.6 Å². The highest BCUT2D eigenvalue weighted by atomic mass is 32.1. The van der Waals surface area contributed by atoms with Gasteiger partial charge in [-0.2, -0.15) is 0 Å². The molecule has 2 aromatic carbocycles. The Bertz CT molecular complexity index is 1110. The highest BCUT2D eigenvalue weighted by molar-refractivity contribution is 7.19. The predicted molar refractivity (Wildman–Crippen MR) is 124 cm³/mol. The van der Waals surface area contributed by atoms with Gasteiger partial charge in [0.05, 0.1) is 13.7 Å². The Morgan fingerprint density at radius 3 is 2.78 bits per heavy atom. The van der Waals surface area contributed by atoms with Crippen LogP contribution >= 0.6 is 11.3 Å². The van der Waals surface area contributed by atoms with Gasteiger partial charge in [-0.3, -0.25) is 9.59 Å². The molecule has 2 heterocycles. The van der Waals surface area contributed by atoms with E-state index in [9.17, 15) is 14.0 Å². The quantitative estimate of drug-likeness (QED) is 0.538. The summed E-state index contributed by atoms with van der Waals surface area (Å²) < 4.78 is 20.1. The highest BCUT2D eigenvalue weighted by Crippen LogP contribution is 2.32. The summed E-state index contributed by atoms with van der Waals surface area (Å²) in [6, 6.07) is 15.1. The molecule has 1 aromatic heterocycles. The molecule has 0 saturated carbocycles. The normalized spacial score (nSPS) is 18.0. The third kappa shape index (κ3) is 4.93. The summed E-state index contributed by atoms with van der Waals surface area (Å²) in [6.45, 7) is 0.562. The maximum absolute atomic E-state index is 13.8. The van der Waals surface area contributed by atoms with Crippen molar-refractivity contribution in [2.24, 2.45) is 0 Å². The lowest BCUT2D eigenvalue weighted by Crippen LogP contribution is -2.44. The first-order valence-corrected chi connectivity index (χ1v) is 11.5. The zero-order valence-electron chi connectivity index (χ0n) is 18.3. The van der Waals surface area contributed by atoms with E-state index in [1.54, 1.807) is 28.4 Å². The van der Waals surface area contributed by atoms with E-state index in [0.717, 1.165) is 10.4 Å². The number of carbonyl (C=O) groups is 2. The predicted octanol–water partition coefficient (Wildman–Crippen LogP) is 4.68. The van der Waals surface area contributed by atoms with E-state index in [1.807, 2.05) is 19.2 Å². The van der Waals surface area contributed by atoms with Crippen molar-refractivity contribution in [1.82, 2.24) is 10.2 Å². The van der Waals surface area contributed by atoms with Crippen LogP contribution in [0.15, 0.2) is 48.5 Å². The van der Waals surface area contributed by atoms with Crippen LogP contribution in [-0.2, 0) is 22.6 Å². The van der Waals surface area contributed by atoms with Crippen LogP contribution < -0.4 is 10.1 Å². The SMILES string of the molecule is COc1cc(C[C@]2(CCC(=O)N(C)Cc3cc4ccccc4s3)CCC(=O)N2)ccc1F. The number of nitrogens with one attached hydrogen (secondary N) is 1. The maximum atomic E-state index is 13.8. The molecule has 3 aromatic rings. The molecule has 4 rings (SSSR count). The number of fused-ring (bicyclic) bond motifs is 1. The second kappa shape index (κ2) is 9.28. The number of thiophene rings is 1. The van der Waals surface area contributed by atoms with Gasteiger partial charge in [0.25, 0.3) is 0 Å². The van der Waals surface area contributed by atoms with Gasteiger partial charge in [0, 0.05) is 35.0 Å². The molecule has 1 N–H and O–H groups in total. The van der Waals surface area contributed by atoms with Crippen LogP contribution in [0.1, 0.15) is 36.1 Å². The molecule has 1 aliphatic rings. The van der Waals surface area contributed by atoms with E-state index in [1.165, 1.54) is 23.3 Å². The molecule has 0 radical (unpaired) electrons. The Morgan fingerprint density at radius 1 is 1.25 bits per heavy atom. The fraction of sp³-hybridized carbons (Fsp3) is 0.360. The second-order valence-electron chi connectivity index (χ2n) is 8.47. The first-order chi connectivity index (χ1) is 15.4. The van der Waals surface area contributed by atoms with E-state index in [0.29, 0.717) is 38.6 Å². The van der Waals surface area contributed by atoms with Gasteiger partial charge in [-0.15, -0.1) is 11.3 Å². The van der Waals surface area contributed by atoms with Crippen molar-refractivity contribution in [1.29, 1.82) is 0 Å².